The van der Waals surface area contributed by atoms with Gasteiger partial charge in [0.2, 0.25) is 0 Å². The molecular weight excluding hydrogens is 264 g/mol. The molecule has 0 aliphatic heterocycles. The first kappa shape index (κ1) is 11.5. The molecule has 3 rings (SSSR count). The Morgan fingerprint density at radius 2 is 2.05 bits per heavy atom. The summed E-state index contributed by atoms with van der Waals surface area (Å²) in [6.45, 7) is 0. The van der Waals surface area contributed by atoms with Crippen LogP contribution in [-0.4, -0.2) is 19.7 Å². The molecule has 0 spiro atoms. The number of aromatic hydroxyl groups is 1. The Morgan fingerprint density at radius 3 is 2.84 bits per heavy atom. The molecule has 0 amide bonds. The van der Waals surface area contributed by atoms with Crippen LogP contribution >= 0.6 is 11.6 Å². The largest absolute Gasteiger partial charge is 0.508 e. The van der Waals surface area contributed by atoms with Crippen molar-refractivity contribution in [1.29, 1.82) is 5.26 Å². The first-order chi connectivity index (χ1) is 9.19. The van der Waals surface area contributed by atoms with E-state index in [0.29, 0.717) is 27.6 Å². The summed E-state index contributed by atoms with van der Waals surface area (Å²) in [5, 5.41) is 27.0. The van der Waals surface area contributed by atoms with E-state index in [1.165, 1.54) is 12.1 Å². The van der Waals surface area contributed by atoms with E-state index < -0.39 is 0 Å². The number of pyridine rings is 1. The number of fused-ring (bicyclic) bond motifs is 1. The number of nitrogens with zero attached hydrogens (tertiary/aromatic N) is 4. The SMILES string of the molecule is N#Cc1ccc2nnc(-c3cc(O)ccc3Cl)n2c1. The van der Waals surface area contributed by atoms with Crippen LogP contribution in [0.15, 0.2) is 36.5 Å². The topological polar surface area (TPSA) is 74.2 Å². The second-order valence-corrected chi connectivity index (χ2v) is 4.35. The quantitative estimate of drug-likeness (QED) is 0.738. The number of phenolic OH excluding ortho intramolecular Hbond substituents is 1. The van der Waals surface area contributed by atoms with Gasteiger partial charge in [0.25, 0.3) is 0 Å². The number of halogens is 1. The summed E-state index contributed by atoms with van der Waals surface area (Å²) in [4.78, 5) is 0. The van der Waals surface area contributed by atoms with Crippen LogP contribution in [0.25, 0.3) is 17.0 Å². The summed E-state index contributed by atoms with van der Waals surface area (Å²) < 4.78 is 1.67. The molecule has 3 aromatic rings. The van der Waals surface area contributed by atoms with Crippen LogP contribution < -0.4 is 0 Å². The molecule has 0 aliphatic rings. The summed E-state index contributed by atoms with van der Waals surface area (Å²) in [5.41, 5.74) is 1.66. The molecule has 1 aromatic carbocycles. The number of aromatic nitrogens is 3. The van der Waals surface area contributed by atoms with E-state index in [2.05, 4.69) is 16.3 Å². The molecule has 19 heavy (non-hydrogen) atoms. The van der Waals surface area contributed by atoms with Crippen LogP contribution in [0, 0.1) is 11.3 Å². The third kappa shape index (κ3) is 1.88. The van der Waals surface area contributed by atoms with E-state index in [9.17, 15) is 5.11 Å². The van der Waals surface area contributed by atoms with Crippen LogP contribution in [0.2, 0.25) is 5.02 Å². The number of rotatable bonds is 1. The number of benzene rings is 1. The van der Waals surface area contributed by atoms with Crippen molar-refractivity contribution in [3.05, 3.63) is 47.1 Å². The minimum atomic E-state index is 0.0904. The first-order valence-corrected chi connectivity index (χ1v) is 5.80. The highest BCUT2D eigenvalue weighted by molar-refractivity contribution is 6.33. The van der Waals surface area contributed by atoms with Gasteiger partial charge in [0, 0.05) is 11.8 Å². The van der Waals surface area contributed by atoms with E-state index in [4.69, 9.17) is 16.9 Å². The van der Waals surface area contributed by atoms with Gasteiger partial charge >= 0.3 is 0 Å². The van der Waals surface area contributed by atoms with E-state index in [1.54, 1.807) is 28.8 Å². The van der Waals surface area contributed by atoms with Crippen molar-refractivity contribution in [3.8, 4) is 23.2 Å². The van der Waals surface area contributed by atoms with Crippen molar-refractivity contribution >= 4 is 17.2 Å². The highest BCUT2D eigenvalue weighted by atomic mass is 35.5. The fourth-order valence-corrected chi connectivity index (χ4v) is 2.03. The fourth-order valence-electron chi connectivity index (χ4n) is 1.83. The van der Waals surface area contributed by atoms with Crippen LogP contribution in [-0.2, 0) is 0 Å². The van der Waals surface area contributed by atoms with Crippen molar-refractivity contribution in [2.75, 3.05) is 0 Å². The highest BCUT2D eigenvalue weighted by Crippen LogP contribution is 2.30. The zero-order valence-corrected chi connectivity index (χ0v) is 10.3. The zero-order chi connectivity index (χ0) is 13.4. The Bertz CT molecular complexity index is 819. The van der Waals surface area contributed by atoms with Gasteiger partial charge in [-0.3, -0.25) is 4.40 Å². The van der Waals surface area contributed by atoms with Crippen LogP contribution in [0.5, 0.6) is 5.75 Å². The number of phenols is 1. The molecule has 0 saturated carbocycles. The molecule has 1 N–H and O–H groups in total. The first-order valence-electron chi connectivity index (χ1n) is 5.43. The highest BCUT2D eigenvalue weighted by Gasteiger charge is 2.12. The molecule has 2 aromatic heterocycles. The monoisotopic (exact) mass is 270 g/mol. The minimum absolute atomic E-state index is 0.0904. The van der Waals surface area contributed by atoms with E-state index in [1.807, 2.05) is 0 Å². The average Bonchev–Trinajstić information content (AvgIpc) is 2.84. The predicted octanol–water partition coefficient (Wildman–Crippen LogP) is 2.63. The minimum Gasteiger partial charge on any atom is -0.508 e. The molecular formula is C13H7ClN4O. The summed E-state index contributed by atoms with van der Waals surface area (Å²) in [6.07, 6.45) is 1.63. The van der Waals surface area contributed by atoms with Gasteiger partial charge < -0.3 is 5.11 Å². The van der Waals surface area contributed by atoms with Gasteiger partial charge in [0.05, 0.1) is 10.6 Å². The molecule has 6 heteroatoms. The molecule has 0 atom stereocenters. The lowest BCUT2D eigenvalue weighted by Gasteiger charge is -2.03. The molecule has 0 aliphatic carbocycles. The standard InChI is InChI=1S/C13H7ClN4O/c14-11-3-2-9(19)5-10(11)13-17-16-12-4-1-8(6-15)7-18(12)13/h1-5,7,19H. The van der Waals surface area contributed by atoms with Gasteiger partial charge in [0.1, 0.15) is 11.8 Å². The lowest BCUT2D eigenvalue weighted by molar-refractivity contribution is 0.475. The Hall–Kier alpha value is -2.58. The van der Waals surface area contributed by atoms with E-state index >= 15 is 0 Å². The lowest BCUT2D eigenvalue weighted by atomic mass is 10.2. The molecule has 92 valence electrons. The van der Waals surface area contributed by atoms with Gasteiger partial charge in [-0.05, 0) is 30.3 Å². The lowest BCUT2D eigenvalue weighted by Crippen LogP contribution is -1.91. The maximum atomic E-state index is 9.54. The molecule has 0 unspecified atom stereocenters. The Morgan fingerprint density at radius 1 is 1.21 bits per heavy atom. The van der Waals surface area contributed by atoms with Gasteiger partial charge in [0.15, 0.2) is 11.5 Å². The van der Waals surface area contributed by atoms with E-state index in [0.717, 1.165) is 0 Å². The molecule has 2 heterocycles. The van der Waals surface area contributed by atoms with Crippen molar-refractivity contribution < 1.29 is 5.11 Å². The molecule has 0 bridgehead atoms. The normalized spacial score (nSPS) is 10.5. The second-order valence-electron chi connectivity index (χ2n) is 3.95. The summed E-state index contributed by atoms with van der Waals surface area (Å²) in [5.74, 6) is 0.570. The third-order valence-corrected chi connectivity index (χ3v) is 3.05. The predicted molar refractivity (Wildman–Crippen MR) is 69.8 cm³/mol. The number of nitriles is 1. The van der Waals surface area contributed by atoms with Crippen molar-refractivity contribution in [1.82, 2.24) is 14.6 Å². The van der Waals surface area contributed by atoms with Crippen LogP contribution in [0.4, 0.5) is 0 Å². The van der Waals surface area contributed by atoms with E-state index in [-0.39, 0.29) is 5.75 Å². The van der Waals surface area contributed by atoms with Gasteiger partial charge in [-0.2, -0.15) is 5.26 Å². The van der Waals surface area contributed by atoms with Gasteiger partial charge in [-0.1, -0.05) is 11.6 Å². The third-order valence-electron chi connectivity index (χ3n) is 2.72. The molecule has 5 nitrogen and oxygen atoms in total. The Balaban J connectivity index is 2.31. The van der Waals surface area contributed by atoms with Crippen LogP contribution in [0.1, 0.15) is 5.56 Å². The zero-order valence-electron chi connectivity index (χ0n) is 9.58. The average molecular weight is 271 g/mol. The van der Waals surface area contributed by atoms with Crippen molar-refractivity contribution in [3.63, 3.8) is 0 Å². The molecule has 0 fully saturated rings. The maximum absolute atomic E-state index is 9.54. The Labute approximate surface area is 113 Å². The van der Waals surface area contributed by atoms with Crippen molar-refractivity contribution in [2.24, 2.45) is 0 Å². The summed E-state index contributed by atoms with van der Waals surface area (Å²) in [6, 6.07) is 10.0. The second kappa shape index (κ2) is 4.26. The van der Waals surface area contributed by atoms with Gasteiger partial charge in [-0.15, -0.1) is 10.2 Å². The fraction of sp³-hybridized carbons (Fsp3) is 0. The van der Waals surface area contributed by atoms with Gasteiger partial charge in [-0.25, -0.2) is 0 Å². The maximum Gasteiger partial charge on any atom is 0.170 e. The summed E-state index contributed by atoms with van der Waals surface area (Å²) >= 11 is 6.10. The number of hydrogen-bond acceptors (Lipinski definition) is 4. The van der Waals surface area contributed by atoms with Crippen molar-refractivity contribution in [2.45, 2.75) is 0 Å². The number of hydrogen-bond donors (Lipinski definition) is 1. The molecule has 0 saturated heterocycles. The molecule has 0 radical (unpaired) electrons. The summed E-state index contributed by atoms with van der Waals surface area (Å²) in [7, 11) is 0. The van der Waals surface area contributed by atoms with Crippen LogP contribution in [0.3, 0.4) is 0 Å². The smallest absolute Gasteiger partial charge is 0.170 e. The Kier molecular flexibility index (Phi) is 2.58.